The maximum absolute atomic E-state index is 12.9. The summed E-state index contributed by atoms with van der Waals surface area (Å²) in [6.07, 6.45) is 0.861. The molecular formula is C21H22FNO2S. The number of thiophene rings is 1. The highest BCUT2D eigenvalue weighted by atomic mass is 32.1. The molecule has 0 aliphatic heterocycles. The van der Waals surface area contributed by atoms with E-state index in [1.165, 1.54) is 17.0 Å². The van der Waals surface area contributed by atoms with Gasteiger partial charge >= 0.3 is 0 Å². The van der Waals surface area contributed by atoms with Crippen molar-refractivity contribution >= 4 is 11.3 Å². The lowest BCUT2D eigenvalue weighted by Gasteiger charge is -2.12. The van der Waals surface area contributed by atoms with Gasteiger partial charge in [-0.05, 0) is 59.8 Å². The molecule has 3 aromatic rings. The van der Waals surface area contributed by atoms with E-state index in [1.54, 1.807) is 18.4 Å². The molecule has 0 bridgehead atoms. The molecule has 3 nitrogen and oxygen atoms in total. The van der Waals surface area contributed by atoms with Crippen molar-refractivity contribution in [1.82, 2.24) is 5.32 Å². The van der Waals surface area contributed by atoms with Crippen LogP contribution < -0.4 is 14.8 Å². The molecule has 0 radical (unpaired) electrons. The van der Waals surface area contributed by atoms with Crippen LogP contribution in [-0.2, 0) is 19.6 Å². The van der Waals surface area contributed by atoms with Gasteiger partial charge in [0.15, 0.2) is 11.5 Å². The summed E-state index contributed by atoms with van der Waals surface area (Å²) in [7, 11) is 1.65. The SMILES string of the molecule is COc1cc(CNCCc2ccc(F)cc2)ccc1OCc1cccs1. The van der Waals surface area contributed by atoms with E-state index >= 15 is 0 Å². The van der Waals surface area contributed by atoms with Crippen molar-refractivity contribution in [2.45, 2.75) is 19.6 Å². The quantitative estimate of drug-likeness (QED) is 0.548. The second kappa shape index (κ2) is 9.36. The highest BCUT2D eigenvalue weighted by Gasteiger charge is 2.07. The number of nitrogens with one attached hydrogen (secondary N) is 1. The minimum Gasteiger partial charge on any atom is -0.493 e. The average Bonchev–Trinajstić information content (AvgIpc) is 3.19. The van der Waals surface area contributed by atoms with Crippen molar-refractivity contribution in [3.05, 3.63) is 81.8 Å². The number of benzene rings is 2. The first-order chi connectivity index (χ1) is 12.7. The summed E-state index contributed by atoms with van der Waals surface area (Å²) < 4.78 is 24.2. The van der Waals surface area contributed by atoms with Gasteiger partial charge in [-0.25, -0.2) is 4.39 Å². The maximum Gasteiger partial charge on any atom is 0.161 e. The summed E-state index contributed by atoms with van der Waals surface area (Å²) in [5.41, 5.74) is 2.25. The molecule has 2 aromatic carbocycles. The zero-order valence-corrected chi connectivity index (χ0v) is 15.5. The van der Waals surface area contributed by atoms with Crippen LogP contribution in [0.5, 0.6) is 11.5 Å². The van der Waals surface area contributed by atoms with Crippen molar-refractivity contribution < 1.29 is 13.9 Å². The van der Waals surface area contributed by atoms with Crippen molar-refractivity contribution in [1.29, 1.82) is 0 Å². The van der Waals surface area contributed by atoms with Gasteiger partial charge in [-0.3, -0.25) is 0 Å². The third kappa shape index (κ3) is 5.31. The Bertz CT molecular complexity index is 803. The summed E-state index contributed by atoms with van der Waals surface area (Å²) in [6, 6.07) is 16.7. The summed E-state index contributed by atoms with van der Waals surface area (Å²) in [5, 5.41) is 5.44. The number of hydrogen-bond acceptors (Lipinski definition) is 4. The number of ether oxygens (including phenoxy) is 2. The minimum absolute atomic E-state index is 0.199. The van der Waals surface area contributed by atoms with Crippen LogP contribution in [0.15, 0.2) is 60.0 Å². The Balaban J connectivity index is 1.49. The van der Waals surface area contributed by atoms with E-state index in [9.17, 15) is 4.39 Å². The van der Waals surface area contributed by atoms with Crippen LogP contribution in [0.2, 0.25) is 0 Å². The molecule has 0 amide bonds. The topological polar surface area (TPSA) is 30.5 Å². The van der Waals surface area contributed by atoms with Crippen molar-refractivity contribution in [3.63, 3.8) is 0 Å². The van der Waals surface area contributed by atoms with Crippen LogP contribution >= 0.6 is 11.3 Å². The third-order valence-corrected chi connectivity index (χ3v) is 4.86. The lowest BCUT2D eigenvalue weighted by molar-refractivity contribution is 0.287. The van der Waals surface area contributed by atoms with E-state index in [1.807, 2.05) is 41.8 Å². The number of hydrogen-bond donors (Lipinski definition) is 1. The van der Waals surface area contributed by atoms with E-state index in [4.69, 9.17) is 9.47 Å². The minimum atomic E-state index is -0.199. The van der Waals surface area contributed by atoms with Gasteiger partial charge in [-0.2, -0.15) is 0 Å². The summed E-state index contributed by atoms with van der Waals surface area (Å²) in [4.78, 5) is 1.18. The first kappa shape index (κ1) is 18.4. The van der Waals surface area contributed by atoms with Crippen LogP contribution in [0.3, 0.4) is 0 Å². The third-order valence-electron chi connectivity index (χ3n) is 4.01. The van der Waals surface area contributed by atoms with E-state index in [2.05, 4.69) is 11.4 Å². The molecule has 0 aliphatic rings. The Morgan fingerprint density at radius 3 is 2.54 bits per heavy atom. The van der Waals surface area contributed by atoms with Gasteiger partial charge < -0.3 is 14.8 Å². The first-order valence-corrected chi connectivity index (χ1v) is 9.40. The van der Waals surface area contributed by atoms with Crippen LogP contribution in [0.1, 0.15) is 16.0 Å². The van der Waals surface area contributed by atoms with Gasteiger partial charge in [-0.1, -0.05) is 24.3 Å². The van der Waals surface area contributed by atoms with Gasteiger partial charge in [0.2, 0.25) is 0 Å². The smallest absolute Gasteiger partial charge is 0.161 e. The Hall–Kier alpha value is -2.37. The molecule has 1 heterocycles. The molecule has 3 rings (SSSR count). The van der Waals surface area contributed by atoms with Crippen LogP contribution in [0.4, 0.5) is 4.39 Å². The zero-order chi connectivity index (χ0) is 18.2. The average molecular weight is 371 g/mol. The lowest BCUT2D eigenvalue weighted by atomic mass is 10.1. The number of halogens is 1. The Labute approximate surface area is 157 Å². The van der Waals surface area contributed by atoms with Crippen LogP contribution in [0, 0.1) is 5.82 Å². The van der Waals surface area contributed by atoms with Gasteiger partial charge in [-0.15, -0.1) is 11.3 Å². The largest absolute Gasteiger partial charge is 0.493 e. The van der Waals surface area contributed by atoms with E-state index in [0.717, 1.165) is 42.1 Å². The molecule has 26 heavy (non-hydrogen) atoms. The van der Waals surface area contributed by atoms with E-state index in [0.29, 0.717) is 6.61 Å². The van der Waals surface area contributed by atoms with Crippen molar-refractivity contribution in [2.75, 3.05) is 13.7 Å². The summed E-state index contributed by atoms with van der Waals surface area (Å²) in [5.74, 6) is 1.28. The van der Waals surface area contributed by atoms with Crippen molar-refractivity contribution in [2.24, 2.45) is 0 Å². The fourth-order valence-electron chi connectivity index (χ4n) is 2.60. The Morgan fingerprint density at radius 1 is 1.00 bits per heavy atom. The molecular weight excluding hydrogens is 349 g/mol. The molecule has 1 aromatic heterocycles. The Kier molecular flexibility index (Phi) is 6.63. The molecule has 0 saturated heterocycles. The molecule has 0 aliphatic carbocycles. The van der Waals surface area contributed by atoms with Gasteiger partial charge in [0, 0.05) is 11.4 Å². The molecule has 0 atom stereocenters. The molecule has 0 fully saturated rings. The zero-order valence-electron chi connectivity index (χ0n) is 14.7. The fraction of sp³-hybridized carbons (Fsp3) is 0.238. The van der Waals surface area contributed by atoms with E-state index in [-0.39, 0.29) is 5.82 Å². The van der Waals surface area contributed by atoms with Crippen LogP contribution in [0.25, 0.3) is 0 Å². The van der Waals surface area contributed by atoms with E-state index < -0.39 is 0 Å². The Morgan fingerprint density at radius 2 is 1.81 bits per heavy atom. The number of rotatable bonds is 9. The predicted octanol–water partition coefficient (Wildman–Crippen LogP) is 4.81. The molecule has 0 spiro atoms. The molecule has 5 heteroatoms. The van der Waals surface area contributed by atoms with Crippen LogP contribution in [-0.4, -0.2) is 13.7 Å². The highest BCUT2D eigenvalue weighted by Crippen LogP contribution is 2.29. The monoisotopic (exact) mass is 371 g/mol. The maximum atomic E-state index is 12.9. The second-order valence-corrected chi connectivity index (χ2v) is 6.94. The first-order valence-electron chi connectivity index (χ1n) is 8.52. The standard InChI is InChI=1S/C21H22FNO2S/c1-24-21-13-17(6-9-20(21)25-15-19-3-2-12-26-19)14-23-11-10-16-4-7-18(22)8-5-16/h2-9,12-13,23H,10-11,14-15H2,1H3. The molecule has 0 saturated carbocycles. The molecule has 136 valence electrons. The molecule has 0 unspecified atom stereocenters. The molecule has 1 N–H and O–H groups in total. The van der Waals surface area contributed by atoms with Gasteiger partial charge in [0.25, 0.3) is 0 Å². The summed E-state index contributed by atoms with van der Waals surface area (Å²) in [6.45, 7) is 2.11. The summed E-state index contributed by atoms with van der Waals surface area (Å²) >= 11 is 1.67. The predicted molar refractivity (Wildman–Crippen MR) is 103 cm³/mol. The highest BCUT2D eigenvalue weighted by molar-refractivity contribution is 7.09. The lowest BCUT2D eigenvalue weighted by Crippen LogP contribution is -2.16. The van der Waals surface area contributed by atoms with Crippen molar-refractivity contribution in [3.8, 4) is 11.5 Å². The number of methoxy groups -OCH3 is 1. The fourth-order valence-corrected chi connectivity index (χ4v) is 3.22. The van der Waals surface area contributed by atoms with Gasteiger partial charge in [0.1, 0.15) is 12.4 Å². The second-order valence-electron chi connectivity index (χ2n) is 5.91. The van der Waals surface area contributed by atoms with Gasteiger partial charge in [0.05, 0.1) is 7.11 Å². The normalized spacial score (nSPS) is 10.7.